The maximum Gasteiger partial charge on any atom is 0.164 e. The molecule has 2 heterocycles. The first-order valence-electron chi connectivity index (χ1n) is 8.17. The number of hydrogen-bond donors (Lipinski definition) is 0. The average molecular weight is 338 g/mol. The molecule has 0 bridgehead atoms. The second-order valence-electron chi connectivity index (χ2n) is 5.85. The summed E-state index contributed by atoms with van der Waals surface area (Å²) >= 11 is 0. The molecule has 0 aliphatic carbocycles. The maximum atomic E-state index is 12.5. The van der Waals surface area contributed by atoms with E-state index in [-0.39, 0.29) is 5.78 Å². The van der Waals surface area contributed by atoms with Crippen molar-refractivity contribution in [2.45, 2.75) is 13.0 Å². The number of hydrogen-bond acceptors (Lipinski definition) is 5. The second-order valence-corrected chi connectivity index (χ2v) is 5.85. The van der Waals surface area contributed by atoms with Gasteiger partial charge < -0.3 is 14.2 Å². The molecule has 6 nitrogen and oxygen atoms in total. The van der Waals surface area contributed by atoms with Crippen LogP contribution in [0.2, 0.25) is 0 Å². The summed E-state index contributed by atoms with van der Waals surface area (Å²) in [6.07, 6.45) is 2.30. The summed E-state index contributed by atoms with van der Waals surface area (Å²) in [6.45, 7) is 1.57. The Kier molecular flexibility index (Phi) is 4.01. The molecule has 0 unspecified atom stereocenters. The standard InChI is InChI=1S/C19H18N2O4/c1-23-15-4-2-14-12-21(20-16(14)11-15)7-6-17(22)13-3-5-18-19(10-13)25-9-8-24-18/h2-5,10-12H,6-9H2,1H3. The molecule has 1 aliphatic heterocycles. The highest BCUT2D eigenvalue weighted by atomic mass is 16.6. The lowest BCUT2D eigenvalue weighted by molar-refractivity contribution is 0.0974. The van der Waals surface area contributed by atoms with Crippen LogP contribution in [0.1, 0.15) is 16.8 Å². The number of aromatic nitrogens is 2. The molecule has 0 saturated heterocycles. The summed E-state index contributed by atoms with van der Waals surface area (Å²) < 4.78 is 18.0. The van der Waals surface area contributed by atoms with E-state index in [2.05, 4.69) is 5.10 Å². The number of carbonyl (C=O) groups excluding carboxylic acids is 1. The van der Waals surface area contributed by atoms with Crippen molar-refractivity contribution in [1.29, 1.82) is 0 Å². The number of Topliss-reactive ketones (excluding diaryl/α,β-unsaturated/α-hetero) is 1. The number of rotatable bonds is 5. The highest BCUT2D eigenvalue weighted by Crippen LogP contribution is 2.31. The largest absolute Gasteiger partial charge is 0.497 e. The van der Waals surface area contributed by atoms with Gasteiger partial charge in [-0.2, -0.15) is 5.10 Å². The van der Waals surface area contributed by atoms with Gasteiger partial charge in [0, 0.05) is 36.2 Å². The van der Waals surface area contributed by atoms with Gasteiger partial charge in [-0.3, -0.25) is 9.48 Å². The van der Waals surface area contributed by atoms with Crippen molar-refractivity contribution in [2.75, 3.05) is 20.3 Å². The fraction of sp³-hybridized carbons (Fsp3) is 0.263. The van der Waals surface area contributed by atoms with Crippen molar-refractivity contribution in [3.8, 4) is 17.2 Å². The van der Waals surface area contributed by atoms with Crippen molar-refractivity contribution in [2.24, 2.45) is 0 Å². The van der Waals surface area contributed by atoms with Gasteiger partial charge in [-0.05, 0) is 30.3 Å². The van der Waals surface area contributed by atoms with Crippen LogP contribution in [-0.2, 0) is 6.54 Å². The fourth-order valence-corrected chi connectivity index (χ4v) is 2.87. The average Bonchev–Trinajstić information content (AvgIpc) is 3.07. The van der Waals surface area contributed by atoms with E-state index in [0.717, 1.165) is 16.7 Å². The van der Waals surface area contributed by atoms with Crippen molar-refractivity contribution in [1.82, 2.24) is 9.78 Å². The molecular formula is C19H18N2O4. The van der Waals surface area contributed by atoms with Crippen LogP contribution in [0.5, 0.6) is 17.2 Å². The summed E-state index contributed by atoms with van der Waals surface area (Å²) in [5.74, 6) is 2.14. The van der Waals surface area contributed by atoms with E-state index in [1.165, 1.54) is 0 Å². The molecule has 0 N–H and O–H groups in total. The number of methoxy groups -OCH3 is 1. The molecule has 128 valence electrons. The molecule has 1 aliphatic rings. The Balaban J connectivity index is 1.46. The van der Waals surface area contributed by atoms with Crippen molar-refractivity contribution < 1.29 is 19.0 Å². The lowest BCUT2D eigenvalue weighted by Gasteiger charge is -2.18. The van der Waals surface area contributed by atoms with Gasteiger partial charge in [0.2, 0.25) is 0 Å². The first-order chi connectivity index (χ1) is 12.2. The molecule has 3 aromatic rings. The van der Waals surface area contributed by atoms with E-state index in [4.69, 9.17) is 14.2 Å². The maximum absolute atomic E-state index is 12.5. The van der Waals surface area contributed by atoms with Crippen LogP contribution in [0.25, 0.3) is 10.9 Å². The molecule has 0 atom stereocenters. The second kappa shape index (κ2) is 6.47. The van der Waals surface area contributed by atoms with Gasteiger partial charge >= 0.3 is 0 Å². The molecule has 0 radical (unpaired) electrons. The van der Waals surface area contributed by atoms with Gasteiger partial charge in [0.25, 0.3) is 0 Å². The number of nitrogens with zero attached hydrogens (tertiary/aromatic N) is 2. The van der Waals surface area contributed by atoms with E-state index in [0.29, 0.717) is 43.2 Å². The quantitative estimate of drug-likeness (QED) is 0.669. The van der Waals surface area contributed by atoms with Gasteiger partial charge in [0.1, 0.15) is 19.0 Å². The lowest BCUT2D eigenvalue weighted by Crippen LogP contribution is -2.16. The van der Waals surface area contributed by atoms with Crippen LogP contribution in [0.3, 0.4) is 0 Å². The summed E-state index contributed by atoms with van der Waals surface area (Å²) in [7, 11) is 1.63. The Morgan fingerprint density at radius 3 is 2.84 bits per heavy atom. The number of ether oxygens (including phenoxy) is 3. The van der Waals surface area contributed by atoms with Crippen LogP contribution < -0.4 is 14.2 Å². The van der Waals surface area contributed by atoms with Gasteiger partial charge in [-0.1, -0.05) is 0 Å². The molecule has 0 saturated carbocycles. The van der Waals surface area contributed by atoms with Crippen LogP contribution in [0.4, 0.5) is 0 Å². The molecule has 0 spiro atoms. The smallest absolute Gasteiger partial charge is 0.164 e. The van der Waals surface area contributed by atoms with E-state index in [1.54, 1.807) is 30.0 Å². The number of carbonyl (C=O) groups is 1. The molecular weight excluding hydrogens is 320 g/mol. The van der Waals surface area contributed by atoms with Crippen LogP contribution in [-0.4, -0.2) is 35.9 Å². The summed E-state index contributed by atoms with van der Waals surface area (Å²) in [5.41, 5.74) is 1.48. The first kappa shape index (κ1) is 15.5. The molecule has 0 fully saturated rings. The normalized spacial score (nSPS) is 13.0. The van der Waals surface area contributed by atoms with Gasteiger partial charge in [0.15, 0.2) is 17.3 Å². The molecule has 25 heavy (non-hydrogen) atoms. The van der Waals surface area contributed by atoms with E-state index in [1.807, 2.05) is 24.4 Å². The zero-order valence-electron chi connectivity index (χ0n) is 13.9. The van der Waals surface area contributed by atoms with Crippen LogP contribution in [0, 0.1) is 0 Å². The van der Waals surface area contributed by atoms with Crippen LogP contribution in [0.15, 0.2) is 42.6 Å². The Bertz CT molecular complexity index is 932. The van der Waals surface area contributed by atoms with Crippen LogP contribution >= 0.6 is 0 Å². The minimum atomic E-state index is 0.0501. The highest BCUT2D eigenvalue weighted by molar-refractivity contribution is 5.96. The van der Waals surface area contributed by atoms with Gasteiger partial charge in [-0.25, -0.2) is 0 Å². The fourth-order valence-electron chi connectivity index (χ4n) is 2.87. The third-order valence-electron chi connectivity index (χ3n) is 4.19. The topological polar surface area (TPSA) is 62.6 Å². The molecule has 1 aromatic heterocycles. The van der Waals surface area contributed by atoms with Crippen molar-refractivity contribution in [3.05, 3.63) is 48.2 Å². The first-order valence-corrected chi connectivity index (χ1v) is 8.17. The van der Waals surface area contributed by atoms with Crippen molar-refractivity contribution in [3.63, 3.8) is 0 Å². The number of ketones is 1. The zero-order chi connectivity index (χ0) is 17.2. The minimum absolute atomic E-state index is 0.0501. The molecule has 4 rings (SSSR count). The Hall–Kier alpha value is -3.02. The Morgan fingerprint density at radius 2 is 2.00 bits per heavy atom. The van der Waals surface area contributed by atoms with E-state index >= 15 is 0 Å². The van der Waals surface area contributed by atoms with Crippen molar-refractivity contribution >= 4 is 16.7 Å². The van der Waals surface area contributed by atoms with Gasteiger partial charge in [0.05, 0.1) is 12.6 Å². The Labute approximate surface area is 144 Å². The Morgan fingerprint density at radius 1 is 1.16 bits per heavy atom. The zero-order valence-corrected chi connectivity index (χ0v) is 13.9. The highest BCUT2D eigenvalue weighted by Gasteiger charge is 2.15. The minimum Gasteiger partial charge on any atom is -0.497 e. The predicted molar refractivity (Wildman–Crippen MR) is 92.7 cm³/mol. The number of fused-ring (bicyclic) bond motifs is 2. The molecule has 6 heteroatoms. The summed E-state index contributed by atoms with van der Waals surface area (Å²) in [4.78, 5) is 12.5. The van der Waals surface area contributed by atoms with E-state index in [9.17, 15) is 4.79 Å². The number of aryl methyl sites for hydroxylation is 1. The monoisotopic (exact) mass is 338 g/mol. The predicted octanol–water partition coefficient (Wildman–Crippen LogP) is 3.09. The summed E-state index contributed by atoms with van der Waals surface area (Å²) in [6, 6.07) is 11.1. The number of benzene rings is 2. The molecule has 2 aromatic carbocycles. The summed E-state index contributed by atoms with van der Waals surface area (Å²) in [5, 5.41) is 5.52. The van der Waals surface area contributed by atoms with E-state index < -0.39 is 0 Å². The third-order valence-corrected chi connectivity index (χ3v) is 4.19. The third kappa shape index (κ3) is 3.15. The molecule has 0 amide bonds. The van der Waals surface area contributed by atoms with Gasteiger partial charge in [-0.15, -0.1) is 0 Å². The SMILES string of the molecule is COc1ccc2cn(CCC(=O)c3ccc4c(c3)OCCO4)nc2c1. The lowest BCUT2D eigenvalue weighted by atomic mass is 10.1.